The average molecular weight is 443 g/mol. The molecule has 31 heavy (non-hydrogen) atoms. The number of fused-ring (bicyclic) bond motifs is 1. The van der Waals surface area contributed by atoms with Gasteiger partial charge in [0.15, 0.2) is 0 Å². The SMILES string of the molecule is COCCCN(C(=O)Nc1ccc(C)cc1)C(C)c1nc2cc(Cl)ccc2c(=O)n1C. The van der Waals surface area contributed by atoms with Crippen molar-refractivity contribution in [2.24, 2.45) is 7.05 Å². The van der Waals surface area contributed by atoms with E-state index in [0.717, 1.165) is 5.56 Å². The Morgan fingerprint density at radius 3 is 2.65 bits per heavy atom. The highest BCUT2D eigenvalue weighted by Crippen LogP contribution is 2.22. The molecule has 1 unspecified atom stereocenters. The Bertz CT molecular complexity index is 1130. The second-order valence-electron chi connectivity index (χ2n) is 7.51. The molecule has 1 aromatic heterocycles. The number of nitrogens with zero attached hydrogens (tertiary/aromatic N) is 3. The standard InChI is InChI=1S/C23H27ClN4O3/c1-15-6-9-18(10-7-15)25-23(30)28(12-5-13-31-4)16(2)21-26-20-14-17(24)8-11-19(20)22(29)27(21)3/h6-11,14,16H,5,12-13H2,1-4H3,(H,25,30). The van der Waals surface area contributed by atoms with Crippen molar-refractivity contribution in [3.8, 4) is 0 Å². The fourth-order valence-corrected chi connectivity index (χ4v) is 3.62. The van der Waals surface area contributed by atoms with Crippen LogP contribution in [0.15, 0.2) is 47.3 Å². The Balaban J connectivity index is 1.96. The lowest BCUT2D eigenvalue weighted by Crippen LogP contribution is -2.40. The summed E-state index contributed by atoms with van der Waals surface area (Å²) in [5.74, 6) is 0.483. The van der Waals surface area contributed by atoms with Gasteiger partial charge in [-0.15, -0.1) is 0 Å². The zero-order chi connectivity index (χ0) is 22.5. The van der Waals surface area contributed by atoms with E-state index in [1.165, 1.54) is 4.57 Å². The normalized spacial score (nSPS) is 12.0. The topological polar surface area (TPSA) is 76.5 Å². The smallest absolute Gasteiger partial charge is 0.322 e. The van der Waals surface area contributed by atoms with Crippen LogP contribution in [0.25, 0.3) is 10.9 Å². The third kappa shape index (κ3) is 5.24. The summed E-state index contributed by atoms with van der Waals surface area (Å²) in [7, 11) is 3.29. The fourth-order valence-electron chi connectivity index (χ4n) is 3.46. The van der Waals surface area contributed by atoms with Gasteiger partial charge in [-0.25, -0.2) is 9.78 Å². The van der Waals surface area contributed by atoms with Gasteiger partial charge in [0.1, 0.15) is 5.82 Å². The second kappa shape index (κ2) is 9.94. The summed E-state index contributed by atoms with van der Waals surface area (Å²) < 4.78 is 6.65. The van der Waals surface area contributed by atoms with Crippen molar-refractivity contribution in [3.05, 3.63) is 69.2 Å². The molecule has 0 saturated heterocycles. The first kappa shape index (κ1) is 22.8. The summed E-state index contributed by atoms with van der Waals surface area (Å²) in [5, 5.41) is 3.92. The lowest BCUT2D eigenvalue weighted by atomic mass is 10.2. The number of rotatable bonds is 7. The Hall–Kier alpha value is -2.90. The largest absolute Gasteiger partial charge is 0.385 e. The van der Waals surface area contributed by atoms with E-state index in [0.29, 0.717) is 47.0 Å². The van der Waals surface area contributed by atoms with Crippen molar-refractivity contribution in [3.63, 3.8) is 0 Å². The van der Waals surface area contributed by atoms with E-state index < -0.39 is 6.04 Å². The Morgan fingerprint density at radius 2 is 1.97 bits per heavy atom. The summed E-state index contributed by atoms with van der Waals surface area (Å²) in [5.41, 5.74) is 2.14. The summed E-state index contributed by atoms with van der Waals surface area (Å²) in [4.78, 5) is 32.4. The molecular formula is C23H27ClN4O3. The highest BCUT2D eigenvalue weighted by molar-refractivity contribution is 6.31. The summed E-state index contributed by atoms with van der Waals surface area (Å²) in [6.07, 6.45) is 0.648. The zero-order valence-electron chi connectivity index (χ0n) is 18.2. The van der Waals surface area contributed by atoms with E-state index in [4.69, 9.17) is 16.3 Å². The number of carbonyl (C=O) groups is 1. The molecule has 0 aliphatic rings. The lowest BCUT2D eigenvalue weighted by Gasteiger charge is -2.30. The minimum atomic E-state index is -0.455. The van der Waals surface area contributed by atoms with Crippen molar-refractivity contribution in [1.29, 1.82) is 0 Å². The number of methoxy groups -OCH3 is 1. The first-order chi connectivity index (χ1) is 14.8. The summed E-state index contributed by atoms with van der Waals surface area (Å²) in [6.45, 7) is 4.81. The van der Waals surface area contributed by atoms with Gasteiger partial charge in [0.25, 0.3) is 5.56 Å². The van der Waals surface area contributed by atoms with Crippen LogP contribution < -0.4 is 10.9 Å². The van der Waals surface area contributed by atoms with Crippen LogP contribution in [-0.4, -0.2) is 40.7 Å². The maximum Gasteiger partial charge on any atom is 0.322 e. The average Bonchev–Trinajstić information content (AvgIpc) is 2.74. The van der Waals surface area contributed by atoms with Gasteiger partial charge in [0, 0.05) is 38.0 Å². The number of aromatic nitrogens is 2. The van der Waals surface area contributed by atoms with Gasteiger partial charge in [-0.2, -0.15) is 0 Å². The molecule has 1 heterocycles. The van der Waals surface area contributed by atoms with Gasteiger partial charge < -0.3 is 15.0 Å². The van der Waals surface area contributed by atoms with Gasteiger partial charge in [-0.3, -0.25) is 9.36 Å². The first-order valence-electron chi connectivity index (χ1n) is 10.1. The maximum atomic E-state index is 13.2. The third-order valence-electron chi connectivity index (χ3n) is 5.23. The molecule has 3 aromatic rings. The number of halogens is 1. The Kier molecular flexibility index (Phi) is 7.30. The second-order valence-corrected chi connectivity index (χ2v) is 7.94. The fraction of sp³-hybridized carbons (Fsp3) is 0.348. The molecule has 0 radical (unpaired) electrons. The van der Waals surface area contributed by atoms with Crippen molar-refractivity contribution < 1.29 is 9.53 Å². The van der Waals surface area contributed by atoms with E-state index in [1.807, 2.05) is 38.1 Å². The molecular weight excluding hydrogens is 416 g/mol. The third-order valence-corrected chi connectivity index (χ3v) is 5.46. The van der Waals surface area contributed by atoms with E-state index in [2.05, 4.69) is 10.3 Å². The van der Waals surface area contributed by atoms with Gasteiger partial charge in [-0.1, -0.05) is 29.3 Å². The highest BCUT2D eigenvalue weighted by atomic mass is 35.5. The first-order valence-corrected chi connectivity index (χ1v) is 10.5. The highest BCUT2D eigenvalue weighted by Gasteiger charge is 2.25. The minimum Gasteiger partial charge on any atom is -0.385 e. The van der Waals surface area contributed by atoms with E-state index in [-0.39, 0.29) is 11.6 Å². The zero-order valence-corrected chi connectivity index (χ0v) is 18.9. The van der Waals surface area contributed by atoms with Crippen LogP contribution in [0, 0.1) is 6.92 Å². The van der Waals surface area contributed by atoms with Crippen molar-refractivity contribution in [2.75, 3.05) is 25.6 Å². The van der Waals surface area contributed by atoms with Crippen LogP contribution in [0.4, 0.5) is 10.5 Å². The predicted molar refractivity (Wildman–Crippen MR) is 124 cm³/mol. The molecule has 3 rings (SSSR count). The predicted octanol–water partition coefficient (Wildman–Crippen LogP) is 4.53. The number of anilines is 1. The van der Waals surface area contributed by atoms with Gasteiger partial charge in [0.05, 0.1) is 16.9 Å². The molecule has 2 amide bonds. The molecule has 1 atom stereocenters. The van der Waals surface area contributed by atoms with Gasteiger partial charge >= 0.3 is 6.03 Å². The van der Waals surface area contributed by atoms with Crippen LogP contribution in [0.1, 0.15) is 30.8 Å². The van der Waals surface area contributed by atoms with Crippen LogP contribution in [0.5, 0.6) is 0 Å². The molecule has 1 N–H and O–H groups in total. The van der Waals surface area contributed by atoms with E-state index in [1.54, 1.807) is 37.3 Å². The van der Waals surface area contributed by atoms with Crippen LogP contribution in [-0.2, 0) is 11.8 Å². The molecule has 2 aromatic carbocycles. The van der Waals surface area contributed by atoms with Crippen LogP contribution >= 0.6 is 11.6 Å². The van der Waals surface area contributed by atoms with Gasteiger partial charge in [0.2, 0.25) is 0 Å². The minimum absolute atomic E-state index is 0.181. The van der Waals surface area contributed by atoms with E-state index >= 15 is 0 Å². The summed E-state index contributed by atoms with van der Waals surface area (Å²) in [6, 6.07) is 11.9. The molecule has 0 saturated carbocycles. The summed E-state index contributed by atoms with van der Waals surface area (Å²) >= 11 is 6.10. The Morgan fingerprint density at radius 1 is 1.26 bits per heavy atom. The van der Waals surface area contributed by atoms with Gasteiger partial charge in [-0.05, 0) is 50.6 Å². The van der Waals surface area contributed by atoms with E-state index in [9.17, 15) is 9.59 Å². The number of ether oxygens (including phenoxy) is 1. The molecule has 7 nitrogen and oxygen atoms in total. The monoisotopic (exact) mass is 442 g/mol. The Labute approximate surface area is 186 Å². The molecule has 8 heteroatoms. The van der Waals surface area contributed by atoms with Crippen molar-refractivity contribution in [2.45, 2.75) is 26.3 Å². The quantitative estimate of drug-likeness (QED) is 0.545. The molecule has 0 fully saturated rings. The van der Waals surface area contributed by atoms with Crippen LogP contribution in [0.3, 0.4) is 0 Å². The molecule has 164 valence electrons. The molecule has 0 aliphatic carbocycles. The number of urea groups is 1. The molecule has 0 bridgehead atoms. The van der Waals surface area contributed by atoms with Crippen LogP contribution in [0.2, 0.25) is 5.02 Å². The lowest BCUT2D eigenvalue weighted by molar-refractivity contribution is 0.158. The van der Waals surface area contributed by atoms with Crippen molar-refractivity contribution in [1.82, 2.24) is 14.5 Å². The number of nitrogens with one attached hydrogen (secondary N) is 1. The maximum absolute atomic E-state index is 13.2. The number of aryl methyl sites for hydroxylation is 1. The molecule has 0 spiro atoms. The number of amides is 2. The number of carbonyl (C=O) groups excluding carboxylic acids is 1. The number of benzene rings is 2. The molecule has 0 aliphatic heterocycles. The van der Waals surface area contributed by atoms with Crippen molar-refractivity contribution >= 4 is 34.2 Å². The number of hydrogen-bond acceptors (Lipinski definition) is 4. The number of hydrogen-bond donors (Lipinski definition) is 1.